The first-order valence-corrected chi connectivity index (χ1v) is 8.48. The zero-order valence-electron chi connectivity index (χ0n) is 14.5. The van der Waals surface area contributed by atoms with E-state index in [9.17, 15) is 9.59 Å². The van der Waals surface area contributed by atoms with Crippen LogP contribution in [0.3, 0.4) is 0 Å². The first kappa shape index (κ1) is 18.1. The molecule has 0 radical (unpaired) electrons. The van der Waals surface area contributed by atoms with Gasteiger partial charge in [-0.3, -0.25) is 9.59 Å². The van der Waals surface area contributed by atoms with E-state index in [4.69, 9.17) is 21.1 Å². The van der Waals surface area contributed by atoms with Crippen molar-refractivity contribution >= 4 is 34.8 Å². The van der Waals surface area contributed by atoms with Crippen molar-refractivity contribution in [2.24, 2.45) is 5.92 Å². The van der Waals surface area contributed by atoms with Crippen LogP contribution in [-0.2, 0) is 9.59 Å². The van der Waals surface area contributed by atoms with Crippen molar-refractivity contribution in [2.45, 2.75) is 6.42 Å². The molecule has 0 unspecified atom stereocenters. The van der Waals surface area contributed by atoms with Crippen LogP contribution in [-0.4, -0.2) is 32.6 Å². The van der Waals surface area contributed by atoms with Crippen LogP contribution in [0.4, 0.5) is 11.4 Å². The van der Waals surface area contributed by atoms with Crippen molar-refractivity contribution in [3.8, 4) is 11.5 Å². The number of ether oxygens (including phenoxy) is 2. The molecule has 1 heterocycles. The molecule has 0 aromatic heterocycles. The molecule has 2 aromatic rings. The molecule has 1 N–H and O–H groups in total. The second-order valence-corrected chi connectivity index (χ2v) is 6.35. The van der Waals surface area contributed by atoms with Gasteiger partial charge in [0.2, 0.25) is 11.8 Å². The van der Waals surface area contributed by atoms with Gasteiger partial charge in [0, 0.05) is 30.4 Å². The van der Waals surface area contributed by atoms with Gasteiger partial charge < -0.3 is 19.7 Å². The maximum Gasteiger partial charge on any atom is 0.229 e. The summed E-state index contributed by atoms with van der Waals surface area (Å²) in [6.07, 6.45) is 0.160. The molecule has 7 heteroatoms. The lowest BCUT2D eigenvalue weighted by atomic mass is 10.1. The van der Waals surface area contributed by atoms with Gasteiger partial charge in [-0.15, -0.1) is 0 Å². The molecule has 136 valence electrons. The van der Waals surface area contributed by atoms with Gasteiger partial charge in [0.05, 0.1) is 25.2 Å². The minimum absolute atomic E-state index is 0.0915. The van der Waals surface area contributed by atoms with Crippen LogP contribution in [0, 0.1) is 5.92 Å². The van der Waals surface area contributed by atoms with Gasteiger partial charge in [0.25, 0.3) is 0 Å². The number of amides is 2. The zero-order valence-corrected chi connectivity index (χ0v) is 15.2. The first-order chi connectivity index (χ1) is 12.5. The number of nitrogens with one attached hydrogen (secondary N) is 1. The minimum Gasteiger partial charge on any atom is -0.497 e. The predicted molar refractivity (Wildman–Crippen MR) is 100 cm³/mol. The highest BCUT2D eigenvalue weighted by Crippen LogP contribution is 2.30. The molecule has 3 rings (SSSR count). The number of anilines is 2. The maximum absolute atomic E-state index is 12.5. The molecular formula is C19H19ClN2O4. The fraction of sp³-hybridized carbons (Fsp3) is 0.263. The molecule has 2 amide bonds. The third kappa shape index (κ3) is 3.75. The van der Waals surface area contributed by atoms with Gasteiger partial charge in [0.1, 0.15) is 11.5 Å². The summed E-state index contributed by atoms with van der Waals surface area (Å²) in [5, 5.41) is 3.22. The van der Waals surface area contributed by atoms with E-state index >= 15 is 0 Å². The van der Waals surface area contributed by atoms with Crippen LogP contribution < -0.4 is 19.7 Å². The van der Waals surface area contributed by atoms with Gasteiger partial charge in [-0.2, -0.15) is 0 Å². The number of hydrogen-bond donors (Lipinski definition) is 1. The number of rotatable bonds is 5. The molecular weight excluding hydrogens is 356 g/mol. The summed E-state index contributed by atoms with van der Waals surface area (Å²) in [5.74, 6) is 0.451. The molecule has 1 fully saturated rings. The van der Waals surface area contributed by atoms with Crippen LogP contribution in [0.25, 0.3) is 0 Å². The van der Waals surface area contributed by atoms with Crippen LogP contribution >= 0.6 is 11.6 Å². The molecule has 1 atom stereocenters. The first-order valence-electron chi connectivity index (χ1n) is 8.10. The van der Waals surface area contributed by atoms with E-state index in [0.717, 1.165) is 5.69 Å². The topological polar surface area (TPSA) is 67.9 Å². The van der Waals surface area contributed by atoms with E-state index < -0.39 is 5.92 Å². The summed E-state index contributed by atoms with van der Waals surface area (Å²) >= 11 is 6.08. The van der Waals surface area contributed by atoms with E-state index in [-0.39, 0.29) is 18.2 Å². The number of hydrogen-bond acceptors (Lipinski definition) is 4. The quantitative estimate of drug-likeness (QED) is 0.871. The lowest BCUT2D eigenvalue weighted by Crippen LogP contribution is -2.28. The second kappa shape index (κ2) is 7.66. The Morgan fingerprint density at radius 3 is 2.69 bits per heavy atom. The SMILES string of the molecule is COc1cccc(N2C[C@@H](C(=O)Nc3ccc(OC)c(Cl)c3)CC2=O)c1. The zero-order chi connectivity index (χ0) is 18.7. The van der Waals surface area contributed by atoms with Gasteiger partial charge in [-0.25, -0.2) is 0 Å². The molecule has 1 saturated heterocycles. The lowest BCUT2D eigenvalue weighted by Gasteiger charge is -2.17. The number of methoxy groups -OCH3 is 2. The van der Waals surface area contributed by atoms with E-state index in [1.165, 1.54) is 7.11 Å². The number of carbonyl (C=O) groups is 2. The minimum atomic E-state index is -0.436. The molecule has 6 nitrogen and oxygen atoms in total. The standard InChI is InChI=1S/C19H19ClN2O4/c1-25-15-5-3-4-14(10-15)22-11-12(8-18(22)23)19(24)21-13-6-7-17(26-2)16(20)9-13/h3-7,9-10,12H,8,11H2,1-2H3,(H,21,24)/t12-/m0/s1. The van der Waals surface area contributed by atoms with Gasteiger partial charge in [0.15, 0.2) is 0 Å². The van der Waals surface area contributed by atoms with Crippen molar-refractivity contribution in [2.75, 3.05) is 31.0 Å². The Balaban J connectivity index is 1.69. The van der Waals surface area contributed by atoms with Gasteiger partial charge >= 0.3 is 0 Å². The third-order valence-corrected chi connectivity index (χ3v) is 4.58. The summed E-state index contributed by atoms with van der Waals surface area (Å²) in [6.45, 7) is 0.321. The Morgan fingerprint density at radius 2 is 2.00 bits per heavy atom. The molecule has 0 saturated carbocycles. The van der Waals surface area contributed by atoms with E-state index in [1.807, 2.05) is 18.2 Å². The van der Waals surface area contributed by atoms with Crippen molar-refractivity contribution in [1.29, 1.82) is 0 Å². The predicted octanol–water partition coefficient (Wildman–Crippen LogP) is 3.35. The summed E-state index contributed by atoms with van der Waals surface area (Å²) < 4.78 is 10.3. The van der Waals surface area contributed by atoms with E-state index in [2.05, 4.69) is 5.32 Å². The summed E-state index contributed by atoms with van der Waals surface area (Å²) in [6, 6.07) is 12.2. The monoisotopic (exact) mass is 374 g/mol. The highest BCUT2D eigenvalue weighted by Gasteiger charge is 2.35. The fourth-order valence-corrected chi connectivity index (χ4v) is 3.16. The Kier molecular flexibility index (Phi) is 5.32. The number of benzene rings is 2. The van der Waals surface area contributed by atoms with Crippen molar-refractivity contribution in [3.05, 3.63) is 47.5 Å². The summed E-state index contributed by atoms with van der Waals surface area (Å²) in [7, 11) is 3.10. The summed E-state index contributed by atoms with van der Waals surface area (Å²) in [5.41, 5.74) is 1.28. The molecule has 1 aliphatic heterocycles. The molecule has 1 aliphatic rings. The normalized spacial score (nSPS) is 16.5. The van der Waals surface area contributed by atoms with Crippen molar-refractivity contribution < 1.29 is 19.1 Å². The second-order valence-electron chi connectivity index (χ2n) is 5.95. The van der Waals surface area contributed by atoms with Gasteiger partial charge in [-0.1, -0.05) is 17.7 Å². The van der Waals surface area contributed by atoms with Crippen LogP contribution in [0.15, 0.2) is 42.5 Å². The average Bonchev–Trinajstić information content (AvgIpc) is 3.04. The fourth-order valence-electron chi connectivity index (χ4n) is 2.90. The Hall–Kier alpha value is -2.73. The number of carbonyl (C=O) groups excluding carboxylic acids is 2. The molecule has 26 heavy (non-hydrogen) atoms. The van der Waals surface area contributed by atoms with Crippen LogP contribution in [0.1, 0.15) is 6.42 Å². The van der Waals surface area contributed by atoms with Crippen LogP contribution in [0.2, 0.25) is 5.02 Å². The summed E-state index contributed by atoms with van der Waals surface area (Å²) in [4.78, 5) is 26.5. The number of halogens is 1. The molecule has 2 aromatic carbocycles. The highest BCUT2D eigenvalue weighted by atomic mass is 35.5. The van der Waals surface area contributed by atoms with Crippen molar-refractivity contribution in [3.63, 3.8) is 0 Å². The lowest BCUT2D eigenvalue weighted by molar-refractivity contribution is -0.122. The third-order valence-electron chi connectivity index (χ3n) is 4.28. The number of nitrogens with zero attached hydrogens (tertiary/aromatic N) is 1. The maximum atomic E-state index is 12.5. The average molecular weight is 375 g/mol. The molecule has 0 aliphatic carbocycles. The highest BCUT2D eigenvalue weighted by molar-refractivity contribution is 6.32. The Morgan fingerprint density at radius 1 is 1.19 bits per heavy atom. The van der Waals surface area contributed by atoms with E-state index in [0.29, 0.717) is 28.8 Å². The largest absolute Gasteiger partial charge is 0.497 e. The van der Waals surface area contributed by atoms with Crippen LogP contribution in [0.5, 0.6) is 11.5 Å². The Labute approximate surface area is 156 Å². The van der Waals surface area contributed by atoms with E-state index in [1.54, 1.807) is 36.3 Å². The van der Waals surface area contributed by atoms with Gasteiger partial charge in [-0.05, 0) is 30.3 Å². The Bertz CT molecular complexity index is 840. The molecule has 0 spiro atoms. The smallest absolute Gasteiger partial charge is 0.229 e. The van der Waals surface area contributed by atoms with Crippen molar-refractivity contribution in [1.82, 2.24) is 0 Å². The molecule has 0 bridgehead atoms.